The van der Waals surface area contributed by atoms with Crippen molar-refractivity contribution in [3.8, 4) is 0 Å². The van der Waals surface area contributed by atoms with Crippen LogP contribution in [0.25, 0.3) is 0 Å². The van der Waals surface area contributed by atoms with E-state index >= 15 is 0 Å². The fourth-order valence-electron chi connectivity index (χ4n) is 3.00. The monoisotopic (exact) mass is 311 g/mol. The Hall–Kier alpha value is -1.39. The van der Waals surface area contributed by atoms with E-state index in [1.807, 2.05) is 34.6 Å². The maximum Gasteiger partial charge on any atom is 0.410 e. The van der Waals surface area contributed by atoms with Gasteiger partial charge in [-0.2, -0.15) is 0 Å². The smallest absolute Gasteiger partial charge is 0.410 e. The van der Waals surface area contributed by atoms with Crippen molar-refractivity contribution in [2.75, 3.05) is 13.1 Å². The summed E-state index contributed by atoms with van der Waals surface area (Å²) in [6.07, 6.45) is 1.57. The first kappa shape index (κ1) is 18.7. The van der Waals surface area contributed by atoms with E-state index in [0.717, 1.165) is 6.42 Å². The lowest BCUT2D eigenvalue weighted by Crippen LogP contribution is -2.51. The van der Waals surface area contributed by atoms with Crippen LogP contribution in [0.2, 0.25) is 0 Å². The van der Waals surface area contributed by atoms with Gasteiger partial charge < -0.3 is 9.64 Å². The Bertz CT molecular complexity index is 452. The van der Waals surface area contributed by atoms with Crippen LogP contribution in [0, 0.1) is 11.3 Å². The zero-order chi connectivity index (χ0) is 17.1. The van der Waals surface area contributed by atoms with Gasteiger partial charge in [0.05, 0.1) is 5.92 Å². The Morgan fingerprint density at radius 1 is 1.27 bits per heavy atom. The third-order valence-electron chi connectivity index (χ3n) is 4.16. The van der Waals surface area contributed by atoms with Crippen molar-refractivity contribution in [1.82, 2.24) is 4.90 Å². The molecule has 1 unspecified atom stereocenters. The molecule has 1 rings (SSSR count). The lowest BCUT2D eigenvalue weighted by Gasteiger charge is -2.40. The summed E-state index contributed by atoms with van der Waals surface area (Å²) in [7, 11) is 0. The van der Waals surface area contributed by atoms with E-state index in [0.29, 0.717) is 25.9 Å². The SMILES string of the molecule is CCC(C(C)=O)C(=O)[C@@]1(C)CCCN(C(=O)OC(C)(C)C)C1. The van der Waals surface area contributed by atoms with Crippen molar-refractivity contribution in [3.05, 3.63) is 0 Å². The number of ketones is 2. The van der Waals surface area contributed by atoms with Crippen LogP contribution >= 0.6 is 0 Å². The normalized spacial score (nSPS) is 23.8. The van der Waals surface area contributed by atoms with E-state index in [1.54, 1.807) is 4.90 Å². The van der Waals surface area contributed by atoms with E-state index in [9.17, 15) is 14.4 Å². The molecule has 2 atom stereocenters. The first-order valence-electron chi connectivity index (χ1n) is 8.03. The van der Waals surface area contributed by atoms with Crippen molar-refractivity contribution in [2.45, 2.75) is 66.4 Å². The van der Waals surface area contributed by atoms with Crippen LogP contribution in [-0.4, -0.2) is 41.3 Å². The molecule has 126 valence electrons. The number of hydrogen-bond donors (Lipinski definition) is 0. The molecule has 1 fully saturated rings. The summed E-state index contributed by atoms with van der Waals surface area (Å²) < 4.78 is 5.39. The third-order valence-corrected chi connectivity index (χ3v) is 4.16. The molecule has 1 aliphatic heterocycles. The highest BCUT2D eigenvalue weighted by molar-refractivity contribution is 6.04. The second-order valence-corrected chi connectivity index (χ2v) is 7.50. The zero-order valence-corrected chi connectivity index (χ0v) is 14.7. The molecular weight excluding hydrogens is 282 g/mol. The van der Waals surface area contributed by atoms with Crippen LogP contribution in [0.5, 0.6) is 0 Å². The van der Waals surface area contributed by atoms with Crippen molar-refractivity contribution in [1.29, 1.82) is 0 Å². The van der Waals surface area contributed by atoms with Gasteiger partial charge in [-0.05, 0) is 47.0 Å². The second kappa shape index (κ2) is 6.80. The van der Waals surface area contributed by atoms with E-state index < -0.39 is 16.9 Å². The molecule has 5 nitrogen and oxygen atoms in total. The van der Waals surface area contributed by atoms with Crippen LogP contribution in [0.3, 0.4) is 0 Å². The minimum Gasteiger partial charge on any atom is -0.444 e. The summed E-state index contributed by atoms with van der Waals surface area (Å²) in [6, 6.07) is 0. The molecular formula is C17H29NO4. The molecule has 22 heavy (non-hydrogen) atoms. The Morgan fingerprint density at radius 2 is 1.86 bits per heavy atom. The second-order valence-electron chi connectivity index (χ2n) is 7.50. The number of Topliss-reactive ketones (excluding diaryl/α,β-unsaturated/α-hetero) is 2. The van der Waals surface area contributed by atoms with Crippen LogP contribution in [-0.2, 0) is 14.3 Å². The van der Waals surface area contributed by atoms with Gasteiger partial charge in [-0.1, -0.05) is 13.8 Å². The third kappa shape index (κ3) is 4.55. The van der Waals surface area contributed by atoms with Crippen molar-refractivity contribution in [3.63, 3.8) is 0 Å². The predicted octanol–water partition coefficient (Wildman–Crippen LogP) is 3.21. The molecule has 0 aromatic heterocycles. The lowest BCUT2D eigenvalue weighted by molar-refractivity contribution is -0.140. The molecule has 0 aromatic rings. The number of likely N-dealkylation sites (tertiary alicyclic amines) is 1. The van der Waals surface area contributed by atoms with E-state index in [-0.39, 0.29) is 17.7 Å². The van der Waals surface area contributed by atoms with Gasteiger partial charge in [-0.25, -0.2) is 4.79 Å². The number of hydrogen-bond acceptors (Lipinski definition) is 4. The van der Waals surface area contributed by atoms with Crippen LogP contribution in [0.1, 0.15) is 60.8 Å². The largest absolute Gasteiger partial charge is 0.444 e. The molecule has 0 radical (unpaired) electrons. The van der Waals surface area contributed by atoms with Gasteiger partial charge in [0.15, 0.2) is 5.78 Å². The molecule has 0 bridgehead atoms. The van der Waals surface area contributed by atoms with Gasteiger partial charge in [-0.3, -0.25) is 9.59 Å². The number of ether oxygens (including phenoxy) is 1. The Balaban J connectivity index is 2.86. The van der Waals surface area contributed by atoms with Crippen molar-refractivity contribution in [2.24, 2.45) is 11.3 Å². The van der Waals surface area contributed by atoms with Crippen molar-refractivity contribution < 1.29 is 19.1 Å². The van der Waals surface area contributed by atoms with Crippen LogP contribution in [0.4, 0.5) is 4.79 Å². The highest BCUT2D eigenvalue weighted by atomic mass is 16.6. The fourth-order valence-corrected chi connectivity index (χ4v) is 3.00. The molecule has 1 amide bonds. The minimum absolute atomic E-state index is 0.0456. The maximum atomic E-state index is 12.7. The van der Waals surface area contributed by atoms with Crippen molar-refractivity contribution >= 4 is 17.7 Å². The highest BCUT2D eigenvalue weighted by Gasteiger charge is 2.43. The number of amides is 1. The van der Waals surface area contributed by atoms with Crippen LogP contribution in [0.15, 0.2) is 0 Å². The predicted molar refractivity (Wildman–Crippen MR) is 84.6 cm³/mol. The van der Waals surface area contributed by atoms with Gasteiger partial charge in [-0.15, -0.1) is 0 Å². The van der Waals surface area contributed by atoms with Crippen LogP contribution < -0.4 is 0 Å². The first-order valence-corrected chi connectivity index (χ1v) is 8.03. The van der Waals surface area contributed by atoms with Gasteiger partial charge in [0.2, 0.25) is 0 Å². The summed E-state index contributed by atoms with van der Waals surface area (Å²) >= 11 is 0. The van der Waals surface area contributed by atoms with E-state index in [2.05, 4.69) is 0 Å². The summed E-state index contributed by atoms with van der Waals surface area (Å²) in [6.45, 7) is 11.6. The summed E-state index contributed by atoms with van der Waals surface area (Å²) in [4.78, 5) is 38.2. The molecule has 0 aromatic carbocycles. The number of carbonyl (C=O) groups is 3. The Kier molecular flexibility index (Phi) is 5.76. The summed E-state index contributed by atoms with van der Waals surface area (Å²) in [5, 5.41) is 0. The number of rotatable bonds is 4. The molecule has 0 N–H and O–H groups in total. The molecule has 0 spiro atoms. The Labute approximate surface area is 133 Å². The van der Waals surface area contributed by atoms with Gasteiger partial charge >= 0.3 is 6.09 Å². The zero-order valence-electron chi connectivity index (χ0n) is 14.7. The average Bonchev–Trinajstić information content (AvgIpc) is 2.37. The number of nitrogens with zero attached hydrogens (tertiary/aromatic N) is 1. The quantitative estimate of drug-likeness (QED) is 0.748. The summed E-state index contributed by atoms with van der Waals surface area (Å²) in [5.74, 6) is -0.706. The molecule has 1 saturated heterocycles. The highest BCUT2D eigenvalue weighted by Crippen LogP contribution is 2.34. The lowest BCUT2D eigenvalue weighted by atomic mass is 9.72. The van der Waals surface area contributed by atoms with Gasteiger partial charge in [0.25, 0.3) is 0 Å². The Morgan fingerprint density at radius 3 is 2.32 bits per heavy atom. The van der Waals surface area contributed by atoms with E-state index in [1.165, 1.54) is 6.92 Å². The molecule has 0 aliphatic carbocycles. The first-order chi connectivity index (χ1) is 10.00. The number of piperidine rings is 1. The summed E-state index contributed by atoms with van der Waals surface area (Å²) in [5.41, 5.74) is -1.22. The fraction of sp³-hybridized carbons (Fsp3) is 0.824. The average molecular weight is 311 g/mol. The standard InChI is InChI=1S/C17H29NO4/c1-7-13(12(2)19)14(20)17(6)9-8-10-18(11-17)15(21)22-16(3,4)5/h13H,7-11H2,1-6H3/t13?,17-/m0/s1. The van der Waals surface area contributed by atoms with Gasteiger partial charge in [0, 0.05) is 18.5 Å². The van der Waals surface area contributed by atoms with E-state index in [4.69, 9.17) is 4.74 Å². The molecule has 5 heteroatoms. The van der Waals surface area contributed by atoms with Gasteiger partial charge in [0.1, 0.15) is 11.4 Å². The maximum absolute atomic E-state index is 12.7. The topological polar surface area (TPSA) is 63.7 Å². The molecule has 1 heterocycles. The molecule has 1 aliphatic rings. The number of carbonyl (C=O) groups excluding carboxylic acids is 3. The minimum atomic E-state index is -0.665. The molecule has 0 saturated carbocycles.